The van der Waals surface area contributed by atoms with Gasteiger partial charge in [-0.05, 0) is 115 Å². The summed E-state index contributed by atoms with van der Waals surface area (Å²) in [6.07, 6.45) is 45.4. The highest BCUT2D eigenvalue weighted by molar-refractivity contribution is 5.80. The Morgan fingerprint density at radius 3 is 1.52 bits per heavy atom. The minimum Gasteiger partial charge on any atom is -0.396 e. The van der Waals surface area contributed by atoms with Crippen molar-refractivity contribution in [3.8, 4) is 0 Å². The molecule has 402 valence electrons. The first kappa shape index (κ1) is 61.7. The molecule has 69 heavy (non-hydrogen) atoms. The molecule has 9 heteroatoms. The monoisotopic (exact) mass is 972 g/mol. The van der Waals surface area contributed by atoms with E-state index < -0.39 is 54.5 Å². The van der Waals surface area contributed by atoms with E-state index in [1.54, 1.807) is 0 Å². The van der Waals surface area contributed by atoms with Crippen molar-refractivity contribution >= 4 is 5.91 Å². The molecule has 0 heterocycles. The van der Waals surface area contributed by atoms with Crippen LogP contribution in [0.1, 0.15) is 246 Å². The van der Waals surface area contributed by atoms with Crippen LogP contribution < -0.4 is 5.32 Å². The Balaban J connectivity index is 1.37. The predicted octanol–water partition coefficient (Wildman–Crippen LogP) is 13.2. The second-order valence-corrected chi connectivity index (χ2v) is 22.4. The molecule has 6 N–H and O–H groups in total. The van der Waals surface area contributed by atoms with Gasteiger partial charge in [-0.3, -0.25) is 4.79 Å². The van der Waals surface area contributed by atoms with E-state index in [1.165, 1.54) is 167 Å². The van der Waals surface area contributed by atoms with E-state index in [2.05, 4.69) is 43.5 Å². The number of rotatable bonds is 45. The lowest BCUT2D eigenvalue weighted by atomic mass is 9.81. The normalized spacial score (nSPS) is 25.8. The molecule has 0 aromatic heterocycles. The van der Waals surface area contributed by atoms with E-state index in [9.17, 15) is 30.3 Å². The summed E-state index contributed by atoms with van der Waals surface area (Å²) in [4.78, 5) is 13.4. The fourth-order valence-electron chi connectivity index (χ4n) is 10.9. The second-order valence-electron chi connectivity index (χ2n) is 22.4. The highest BCUT2D eigenvalue weighted by atomic mass is 16.6. The summed E-state index contributed by atoms with van der Waals surface area (Å²) in [6.45, 7) is 8.28. The molecule has 0 radical (unpaired) electrons. The van der Waals surface area contributed by atoms with Gasteiger partial charge in [0.15, 0.2) is 0 Å². The maximum Gasteiger partial charge on any atom is 0.249 e. The Kier molecular flexibility index (Phi) is 34.8. The Hall–Kier alpha value is -1.59. The average molecular weight is 973 g/mol. The number of carbonyl (C=O) groups excluding carboxylic acids is 1. The summed E-state index contributed by atoms with van der Waals surface area (Å²) < 4.78 is 12.3. The van der Waals surface area contributed by atoms with Crippen LogP contribution in [0.5, 0.6) is 0 Å². The van der Waals surface area contributed by atoms with Crippen molar-refractivity contribution in [3.05, 3.63) is 36.0 Å². The topological polar surface area (TPSA) is 149 Å². The van der Waals surface area contributed by atoms with Crippen molar-refractivity contribution < 1.29 is 39.8 Å². The lowest BCUT2D eigenvalue weighted by Gasteiger charge is -2.42. The third-order valence-electron chi connectivity index (χ3n) is 15.9. The van der Waals surface area contributed by atoms with Crippen LogP contribution >= 0.6 is 0 Å². The van der Waals surface area contributed by atoms with Gasteiger partial charge in [-0.1, -0.05) is 191 Å². The molecule has 1 amide bonds. The van der Waals surface area contributed by atoms with Crippen LogP contribution in [0.2, 0.25) is 0 Å². The molecule has 0 bridgehead atoms. The van der Waals surface area contributed by atoms with Crippen molar-refractivity contribution in [3.63, 3.8) is 0 Å². The van der Waals surface area contributed by atoms with Crippen molar-refractivity contribution in [2.45, 2.75) is 289 Å². The third-order valence-corrected chi connectivity index (χ3v) is 15.9. The zero-order valence-electron chi connectivity index (χ0n) is 44.9. The smallest absolute Gasteiger partial charge is 0.249 e. The quantitative estimate of drug-likeness (QED) is 0.0261. The number of nitrogens with one attached hydrogen (secondary N) is 1. The van der Waals surface area contributed by atoms with Gasteiger partial charge in [0.25, 0.3) is 0 Å². The summed E-state index contributed by atoms with van der Waals surface area (Å²) in [5.74, 6) is 2.70. The number of carbonyl (C=O) groups is 1. The molecule has 0 saturated heterocycles. The second kappa shape index (κ2) is 38.9. The zero-order chi connectivity index (χ0) is 49.9. The van der Waals surface area contributed by atoms with Crippen LogP contribution in [-0.2, 0) is 14.3 Å². The van der Waals surface area contributed by atoms with Crippen molar-refractivity contribution in [2.24, 2.45) is 29.6 Å². The molecule has 3 aliphatic rings. The fraction of sp³-hybridized carbons (Fsp3) is 0.883. The average Bonchev–Trinajstić information content (AvgIpc) is 4.28. The number of hydrogen-bond acceptors (Lipinski definition) is 8. The van der Waals surface area contributed by atoms with Gasteiger partial charge in [0.2, 0.25) is 5.91 Å². The lowest BCUT2D eigenvalue weighted by Crippen LogP contribution is -2.57. The zero-order valence-corrected chi connectivity index (χ0v) is 44.9. The van der Waals surface area contributed by atoms with Gasteiger partial charge >= 0.3 is 0 Å². The van der Waals surface area contributed by atoms with E-state index in [-0.39, 0.29) is 32.7 Å². The number of unbranched alkanes of at least 4 members (excludes halogenated alkanes) is 19. The maximum atomic E-state index is 13.4. The SMILES string of the molecule is CCCCCCCCCCC1CC1CCCCC=CCCCC(O)C(COC1CC(CO)C(O)C(O)C1OCC=C(C)C)NC(=O)C(O)CCC=CCCCCC1CC1CCCCCCCCCC. The van der Waals surface area contributed by atoms with E-state index in [0.717, 1.165) is 54.9 Å². The van der Waals surface area contributed by atoms with Crippen LogP contribution in [0.4, 0.5) is 0 Å². The molecule has 12 atom stereocenters. The Morgan fingerprint density at radius 1 is 0.565 bits per heavy atom. The summed E-state index contributed by atoms with van der Waals surface area (Å²) in [7, 11) is 0. The van der Waals surface area contributed by atoms with Crippen LogP contribution in [0, 0.1) is 29.6 Å². The highest BCUT2D eigenvalue weighted by Gasteiger charge is 2.45. The standard InChI is InChI=1S/C60H109NO8/c1-5-7-9-11-13-16-22-28-34-48-42-50(48)36-30-24-18-15-19-26-32-38-54(63)53(46-69-56-44-52(45-62)57(65)58(66)59(56)68-41-40-47(3)4)61-60(67)55(64)39-33-27-21-20-25-31-37-51-43-49(51)35-29-23-17-14-12-10-8-6-2/h15,19,21,27,40,48-59,62-66H,5-14,16-18,20,22-26,28-39,41-46H2,1-4H3,(H,61,67). The first-order valence-corrected chi connectivity index (χ1v) is 29.4. The number of hydrogen-bond donors (Lipinski definition) is 6. The first-order valence-electron chi connectivity index (χ1n) is 29.4. The van der Waals surface area contributed by atoms with E-state index in [4.69, 9.17) is 9.47 Å². The molecule has 12 unspecified atom stereocenters. The number of allylic oxidation sites excluding steroid dienone is 5. The van der Waals surface area contributed by atoms with Crippen molar-refractivity contribution in [1.82, 2.24) is 5.32 Å². The van der Waals surface area contributed by atoms with Crippen molar-refractivity contribution in [2.75, 3.05) is 19.8 Å². The number of amides is 1. The first-order chi connectivity index (χ1) is 33.6. The Bertz CT molecular complexity index is 1350. The molecule has 9 nitrogen and oxygen atoms in total. The molecule has 3 rings (SSSR count). The summed E-state index contributed by atoms with van der Waals surface area (Å²) in [5.41, 5.74) is 1.05. The predicted molar refractivity (Wildman–Crippen MR) is 286 cm³/mol. The summed E-state index contributed by atoms with van der Waals surface area (Å²) in [5, 5.41) is 57.0. The molecule has 0 aliphatic heterocycles. The Morgan fingerprint density at radius 2 is 1.03 bits per heavy atom. The van der Waals surface area contributed by atoms with Crippen LogP contribution in [0.25, 0.3) is 0 Å². The minimum atomic E-state index is -1.28. The number of aliphatic hydroxyl groups is 5. The lowest BCUT2D eigenvalue weighted by molar-refractivity contribution is -0.195. The summed E-state index contributed by atoms with van der Waals surface area (Å²) >= 11 is 0. The van der Waals surface area contributed by atoms with Gasteiger partial charge in [0.1, 0.15) is 18.3 Å². The van der Waals surface area contributed by atoms with Gasteiger partial charge in [0.05, 0.1) is 37.6 Å². The number of aliphatic hydroxyl groups excluding tert-OH is 5. The maximum absolute atomic E-state index is 13.4. The van der Waals surface area contributed by atoms with Gasteiger partial charge < -0.3 is 40.3 Å². The highest BCUT2D eigenvalue weighted by Crippen LogP contribution is 2.46. The largest absolute Gasteiger partial charge is 0.396 e. The molecule has 3 saturated carbocycles. The minimum absolute atomic E-state index is 0.0781. The van der Waals surface area contributed by atoms with Crippen molar-refractivity contribution in [1.29, 1.82) is 0 Å². The van der Waals surface area contributed by atoms with E-state index in [0.29, 0.717) is 12.8 Å². The van der Waals surface area contributed by atoms with Gasteiger partial charge in [0, 0.05) is 12.5 Å². The van der Waals surface area contributed by atoms with E-state index in [1.807, 2.05) is 19.9 Å². The fourth-order valence-corrected chi connectivity index (χ4v) is 10.9. The van der Waals surface area contributed by atoms with Crippen LogP contribution in [0.3, 0.4) is 0 Å². The third kappa shape index (κ3) is 28.4. The van der Waals surface area contributed by atoms with Gasteiger partial charge in [-0.2, -0.15) is 0 Å². The van der Waals surface area contributed by atoms with Gasteiger partial charge in [-0.15, -0.1) is 0 Å². The molecule has 0 aromatic rings. The molecular formula is C60H109NO8. The molecule has 3 aliphatic carbocycles. The summed E-state index contributed by atoms with van der Waals surface area (Å²) in [6, 6.07) is -0.810. The van der Waals surface area contributed by atoms with Crippen LogP contribution in [0.15, 0.2) is 36.0 Å². The molecule has 0 aromatic carbocycles. The Labute approximate surface area is 423 Å². The molecular weight excluding hydrogens is 863 g/mol. The van der Waals surface area contributed by atoms with Crippen LogP contribution in [-0.4, -0.2) is 93.9 Å². The molecule has 3 fully saturated rings. The molecule has 0 spiro atoms. The van der Waals surface area contributed by atoms with E-state index >= 15 is 0 Å². The van der Waals surface area contributed by atoms with Gasteiger partial charge in [-0.25, -0.2) is 0 Å². The number of ether oxygens (including phenoxy) is 2.